The lowest BCUT2D eigenvalue weighted by atomic mass is 9.76. The van der Waals surface area contributed by atoms with Crippen LogP contribution >= 0.6 is 0 Å². The van der Waals surface area contributed by atoms with Gasteiger partial charge in [-0.2, -0.15) is 0 Å². The highest BCUT2D eigenvalue weighted by Gasteiger charge is 2.30. The van der Waals surface area contributed by atoms with Gasteiger partial charge in [-0.1, -0.05) is 26.7 Å². The summed E-state index contributed by atoms with van der Waals surface area (Å²) in [5, 5.41) is 3.55. The molecule has 1 saturated carbocycles. The maximum absolute atomic E-state index is 3.55. The lowest BCUT2D eigenvalue weighted by Gasteiger charge is -2.39. The number of hydrogen-bond acceptors (Lipinski definition) is 2. The molecule has 0 radical (unpaired) electrons. The van der Waals surface area contributed by atoms with Crippen LogP contribution in [-0.4, -0.2) is 37.6 Å². The van der Waals surface area contributed by atoms with Crippen molar-refractivity contribution in [3.63, 3.8) is 0 Å². The van der Waals surface area contributed by atoms with E-state index in [2.05, 4.69) is 45.1 Å². The minimum Gasteiger partial charge on any atom is -0.317 e. The fourth-order valence-electron chi connectivity index (χ4n) is 3.50. The van der Waals surface area contributed by atoms with Gasteiger partial charge < -0.3 is 10.2 Å². The van der Waals surface area contributed by atoms with Gasteiger partial charge in [0.2, 0.25) is 0 Å². The highest BCUT2D eigenvalue weighted by atomic mass is 15.1. The van der Waals surface area contributed by atoms with E-state index in [0.717, 1.165) is 23.9 Å². The third-order valence-electron chi connectivity index (χ3n) is 5.02. The maximum Gasteiger partial charge on any atom is 0.0105 e. The van der Waals surface area contributed by atoms with Crippen molar-refractivity contribution in [3.8, 4) is 0 Å². The zero-order valence-electron chi connectivity index (χ0n) is 13.2. The van der Waals surface area contributed by atoms with Gasteiger partial charge in [0.15, 0.2) is 0 Å². The van der Waals surface area contributed by atoms with Crippen molar-refractivity contribution in [1.82, 2.24) is 10.2 Å². The van der Waals surface area contributed by atoms with Crippen LogP contribution in [0.1, 0.15) is 59.3 Å². The van der Waals surface area contributed by atoms with Crippen LogP contribution in [0.3, 0.4) is 0 Å². The number of hydrogen-bond donors (Lipinski definition) is 1. The summed E-state index contributed by atoms with van der Waals surface area (Å²) >= 11 is 0. The average Bonchev–Trinajstić information content (AvgIpc) is 2.38. The van der Waals surface area contributed by atoms with Crippen LogP contribution in [0.15, 0.2) is 0 Å². The SMILES string of the molecule is CCCC(C)N(C)CC1CC(CC)CCC1NC. The quantitative estimate of drug-likeness (QED) is 0.748. The van der Waals surface area contributed by atoms with E-state index in [9.17, 15) is 0 Å². The van der Waals surface area contributed by atoms with Crippen LogP contribution in [0.4, 0.5) is 0 Å². The minimum atomic E-state index is 0.731. The van der Waals surface area contributed by atoms with E-state index in [1.54, 1.807) is 0 Å². The van der Waals surface area contributed by atoms with E-state index in [1.165, 1.54) is 45.1 Å². The molecule has 1 rings (SSSR count). The summed E-state index contributed by atoms with van der Waals surface area (Å²) in [5.41, 5.74) is 0. The molecule has 108 valence electrons. The molecule has 0 bridgehead atoms. The Kier molecular flexibility index (Phi) is 7.25. The Morgan fingerprint density at radius 2 is 2.00 bits per heavy atom. The lowest BCUT2D eigenvalue weighted by Crippen LogP contribution is -2.45. The van der Waals surface area contributed by atoms with Crippen LogP contribution in [0.2, 0.25) is 0 Å². The van der Waals surface area contributed by atoms with E-state index in [-0.39, 0.29) is 0 Å². The van der Waals surface area contributed by atoms with Crippen LogP contribution in [-0.2, 0) is 0 Å². The van der Waals surface area contributed by atoms with Crippen molar-refractivity contribution in [2.45, 2.75) is 71.4 Å². The molecule has 1 N–H and O–H groups in total. The third kappa shape index (κ3) is 4.55. The molecular formula is C16H34N2. The molecule has 18 heavy (non-hydrogen) atoms. The zero-order valence-corrected chi connectivity index (χ0v) is 13.2. The molecule has 0 aromatic carbocycles. The van der Waals surface area contributed by atoms with Crippen molar-refractivity contribution in [2.24, 2.45) is 11.8 Å². The van der Waals surface area contributed by atoms with Crippen LogP contribution in [0.5, 0.6) is 0 Å². The predicted molar refractivity (Wildman–Crippen MR) is 81.0 cm³/mol. The van der Waals surface area contributed by atoms with Gasteiger partial charge in [0.25, 0.3) is 0 Å². The smallest absolute Gasteiger partial charge is 0.0105 e. The molecule has 0 saturated heterocycles. The van der Waals surface area contributed by atoms with E-state index >= 15 is 0 Å². The molecule has 4 unspecified atom stereocenters. The summed E-state index contributed by atoms with van der Waals surface area (Å²) in [7, 11) is 4.45. The second kappa shape index (κ2) is 8.16. The zero-order chi connectivity index (χ0) is 13.5. The van der Waals surface area contributed by atoms with Crippen molar-refractivity contribution in [2.75, 3.05) is 20.6 Å². The van der Waals surface area contributed by atoms with Crippen molar-refractivity contribution in [1.29, 1.82) is 0 Å². The fourth-order valence-corrected chi connectivity index (χ4v) is 3.50. The first-order valence-electron chi connectivity index (χ1n) is 7.99. The third-order valence-corrected chi connectivity index (χ3v) is 5.02. The minimum absolute atomic E-state index is 0.731. The molecule has 1 fully saturated rings. The summed E-state index contributed by atoms with van der Waals surface area (Å²) in [5.74, 6) is 1.81. The van der Waals surface area contributed by atoms with Gasteiger partial charge in [-0.25, -0.2) is 0 Å². The molecule has 1 aliphatic rings. The van der Waals surface area contributed by atoms with E-state index in [0.29, 0.717) is 0 Å². The Morgan fingerprint density at radius 3 is 2.56 bits per heavy atom. The van der Waals surface area contributed by atoms with E-state index in [4.69, 9.17) is 0 Å². The van der Waals surface area contributed by atoms with E-state index in [1.807, 2.05) is 0 Å². The topological polar surface area (TPSA) is 15.3 Å². The van der Waals surface area contributed by atoms with Gasteiger partial charge in [0.1, 0.15) is 0 Å². The monoisotopic (exact) mass is 254 g/mol. The number of nitrogens with zero attached hydrogens (tertiary/aromatic N) is 1. The van der Waals surface area contributed by atoms with Gasteiger partial charge in [-0.3, -0.25) is 0 Å². The molecule has 0 aromatic rings. The van der Waals surface area contributed by atoms with Gasteiger partial charge in [0.05, 0.1) is 0 Å². The molecule has 1 aliphatic carbocycles. The average molecular weight is 254 g/mol. The molecule has 4 atom stereocenters. The highest BCUT2D eigenvalue weighted by Crippen LogP contribution is 2.32. The van der Waals surface area contributed by atoms with Crippen molar-refractivity contribution < 1.29 is 0 Å². The first kappa shape index (κ1) is 16.0. The first-order valence-corrected chi connectivity index (χ1v) is 7.99. The van der Waals surface area contributed by atoms with Crippen molar-refractivity contribution in [3.05, 3.63) is 0 Å². The Balaban J connectivity index is 2.49. The second-order valence-electron chi connectivity index (χ2n) is 6.32. The standard InChI is InChI=1S/C16H34N2/c1-6-8-13(3)18(5)12-15-11-14(7-2)9-10-16(15)17-4/h13-17H,6-12H2,1-5H3. The van der Waals surface area contributed by atoms with Gasteiger partial charge in [0, 0.05) is 18.6 Å². The molecule has 0 heterocycles. The molecule has 0 amide bonds. The van der Waals surface area contributed by atoms with Gasteiger partial charge in [-0.15, -0.1) is 0 Å². The summed E-state index contributed by atoms with van der Waals surface area (Å²) in [6.45, 7) is 8.28. The first-order chi connectivity index (χ1) is 8.62. The summed E-state index contributed by atoms with van der Waals surface area (Å²) < 4.78 is 0. The van der Waals surface area contributed by atoms with Crippen LogP contribution in [0, 0.1) is 11.8 Å². The van der Waals surface area contributed by atoms with Gasteiger partial charge in [-0.05, 0) is 58.5 Å². The predicted octanol–water partition coefficient (Wildman–Crippen LogP) is 3.52. The van der Waals surface area contributed by atoms with E-state index < -0.39 is 0 Å². The maximum atomic E-state index is 3.55. The molecule has 0 aliphatic heterocycles. The summed E-state index contributed by atoms with van der Waals surface area (Å²) in [4.78, 5) is 2.58. The lowest BCUT2D eigenvalue weighted by molar-refractivity contribution is 0.133. The highest BCUT2D eigenvalue weighted by molar-refractivity contribution is 4.85. The largest absolute Gasteiger partial charge is 0.317 e. The molecule has 0 spiro atoms. The molecular weight excluding hydrogens is 220 g/mol. The number of nitrogens with one attached hydrogen (secondary N) is 1. The Hall–Kier alpha value is -0.0800. The molecule has 2 nitrogen and oxygen atoms in total. The second-order valence-corrected chi connectivity index (χ2v) is 6.32. The normalized spacial score (nSPS) is 30.7. The Labute approximate surface area is 115 Å². The van der Waals surface area contributed by atoms with Crippen LogP contribution in [0.25, 0.3) is 0 Å². The van der Waals surface area contributed by atoms with Crippen LogP contribution < -0.4 is 5.32 Å². The van der Waals surface area contributed by atoms with Gasteiger partial charge >= 0.3 is 0 Å². The molecule has 0 aromatic heterocycles. The molecule has 2 heteroatoms. The Morgan fingerprint density at radius 1 is 1.28 bits per heavy atom. The summed E-state index contributed by atoms with van der Waals surface area (Å²) in [6, 6.07) is 1.47. The number of rotatable bonds is 7. The fraction of sp³-hybridized carbons (Fsp3) is 1.00. The summed E-state index contributed by atoms with van der Waals surface area (Å²) in [6.07, 6.45) is 8.20. The van der Waals surface area contributed by atoms with Crippen molar-refractivity contribution >= 4 is 0 Å². The Bertz CT molecular complexity index is 217.